The van der Waals surface area contributed by atoms with Gasteiger partial charge in [-0.2, -0.15) is 0 Å². The zero-order chi connectivity index (χ0) is 9.26. The fraction of sp³-hybridized carbons (Fsp3) is 0. The summed E-state index contributed by atoms with van der Waals surface area (Å²) < 4.78 is 18.5. The van der Waals surface area contributed by atoms with Gasteiger partial charge in [0.25, 0.3) is 0 Å². The standard InChI is InChI=1S/C9H5FINO/c10-6-1-2-8(11)7(5-6)9-3-4-13-12-9/h1-5H. The van der Waals surface area contributed by atoms with Crippen molar-refractivity contribution in [2.45, 2.75) is 0 Å². The smallest absolute Gasteiger partial charge is 0.124 e. The molecule has 0 atom stereocenters. The third-order valence-corrected chi connectivity index (χ3v) is 2.58. The van der Waals surface area contributed by atoms with Crippen molar-refractivity contribution >= 4 is 22.6 Å². The average molecular weight is 289 g/mol. The monoisotopic (exact) mass is 289 g/mol. The maximum absolute atomic E-state index is 12.9. The van der Waals surface area contributed by atoms with E-state index in [1.165, 1.54) is 18.4 Å². The lowest BCUT2D eigenvalue weighted by molar-refractivity contribution is 0.422. The van der Waals surface area contributed by atoms with Crippen LogP contribution in [0.15, 0.2) is 35.1 Å². The third-order valence-electron chi connectivity index (χ3n) is 1.64. The molecule has 0 saturated carbocycles. The predicted molar refractivity (Wildman–Crippen MR) is 54.6 cm³/mol. The fourth-order valence-corrected chi connectivity index (χ4v) is 1.66. The minimum atomic E-state index is -0.265. The first-order valence-electron chi connectivity index (χ1n) is 3.63. The molecule has 13 heavy (non-hydrogen) atoms. The van der Waals surface area contributed by atoms with Crippen molar-refractivity contribution < 1.29 is 8.91 Å². The van der Waals surface area contributed by atoms with E-state index in [4.69, 9.17) is 0 Å². The van der Waals surface area contributed by atoms with Crippen molar-refractivity contribution in [1.29, 1.82) is 0 Å². The summed E-state index contributed by atoms with van der Waals surface area (Å²) in [4.78, 5) is 0. The summed E-state index contributed by atoms with van der Waals surface area (Å²) in [7, 11) is 0. The normalized spacial score (nSPS) is 10.3. The Bertz CT molecular complexity index is 414. The van der Waals surface area contributed by atoms with Crippen LogP contribution in [0.3, 0.4) is 0 Å². The Morgan fingerprint density at radius 3 is 2.85 bits per heavy atom. The molecule has 0 fully saturated rings. The number of rotatable bonds is 1. The van der Waals surface area contributed by atoms with Gasteiger partial charge in [0, 0.05) is 15.2 Å². The summed E-state index contributed by atoms with van der Waals surface area (Å²) in [5.41, 5.74) is 1.42. The van der Waals surface area contributed by atoms with E-state index in [1.54, 1.807) is 12.1 Å². The number of nitrogens with zero attached hydrogens (tertiary/aromatic N) is 1. The summed E-state index contributed by atoms with van der Waals surface area (Å²) in [6, 6.07) is 6.28. The van der Waals surface area contributed by atoms with Crippen molar-refractivity contribution in [1.82, 2.24) is 5.16 Å². The summed E-state index contributed by atoms with van der Waals surface area (Å²) in [6.45, 7) is 0. The zero-order valence-electron chi connectivity index (χ0n) is 6.50. The van der Waals surface area contributed by atoms with E-state index in [9.17, 15) is 4.39 Å². The molecule has 0 radical (unpaired) electrons. The van der Waals surface area contributed by atoms with Crippen LogP contribution >= 0.6 is 22.6 Å². The molecule has 1 heterocycles. The van der Waals surface area contributed by atoms with Crippen LogP contribution in [0.1, 0.15) is 0 Å². The fourth-order valence-electron chi connectivity index (χ4n) is 1.05. The van der Waals surface area contributed by atoms with Gasteiger partial charge in [-0.05, 0) is 40.8 Å². The molecule has 0 amide bonds. The first kappa shape index (κ1) is 8.68. The van der Waals surface area contributed by atoms with E-state index in [0.717, 1.165) is 9.13 Å². The van der Waals surface area contributed by atoms with Gasteiger partial charge in [-0.15, -0.1) is 0 Å². The Morgan fingerprint density at radius 1 is 1.31 bits per heavy atom. The van der Waals surface area contributed by atoms with E-state index >= 15 is 0 Å². The highest BCUT2D eigenvalue weighted by atomic mass is 127. The molecular formula is C9H5FINO. The molecule has 2 nitrogen and oxygen atoms in total. The minimum Gasteiger partial charge on any atom is -0.364 e. The van der Waals surface area contributed by atoms with Gasteiger partial charge >= 0.3 is 0 Å². The summed E-state index contributed by atoms with van der Waals surface area (Å²) in [6.07, 6.45) is 1.47. The quantitative estimate of drug-likeness (QED) is 0.754. The molecule has 0 spiro atoms. The van der Waals surface area contributed by atoms with Gasteiger partial charge in [-0.1, -0.05) is 5.16 Å². The van der Waals surface area contributed by atoms with Gasteiger partial charge in [0.05, 0.1) is 0 Å². The highest BCUT2D eigenvalue weighted by Gasteiger charge is 2.06. The topological polar surface area (TPSA) is 26.0 Å². The zero-order valence-corrected chi connectivity index (χ0v) is 8.66. The lowest BCUT2D eigenvalue weighted by Crippen LogP contribution is -1.84. The molecule has 2 rings (SSSR count). The average Bonchev–Trinajstić information content (AvgIpc) is 2.61. The number of hydrogen-bond acceptors (Lipinski definition) is 2. The second kappa shape index (κ2) is 3.45. The number of halogens is 2. The van der Waals surface area contributed by atoms with Crippen LogP contribution in [0.4, 0.5) is 4.39 Å². The second-order valence-corrected chi connectivity index (χ2v) is 3.67. The van der Waals surface area contributed by atoms with Crippen LogP contribution in [0.5, 0.6) is 0 Å². The summed E-state index contributed by atoms with van der Waals surface area (Å²) >= 11 is 2.13. The molecule has 66 valence electrons. The maximum Gasteiger partial charge on any atom is 0.124 e. The molecule has 0 aliphatic heterocycles. The summed E-state index contributed by atoms with van der Waals surface area (Å²) in [5, 5.41) is 3.74. The predicted octanol–water partition coefficient (Wildman–Crippen LogP) is 3.09. The molecule has 4 heteroatoms. The maximum atomic E-state index is 12.9. The van der Waals surface area contributed by atoms with Gasteiger partial charge < -0.3 is 4.52 Å². The Kier molecular flexibility index (Phi) is 2.30. The molecule has 0 unspecified atom stereocenters. The SMILES string of the molecule is Fc1ccc(I)c(-c2ccon2)c1. The Hall–Kier alpha value is -0.910. The van der Waals surface area contributed by atoms with Crippen molar-refractivity contribution in [2.75, 3.05) is 0 Å². The molecule has 0 aliphatic carbocycles. The second-order valence-electron chi connectivity index (χ2n) is 2.51. The molecule has 1 aromatic carbocycles. The Labute approximate surface area is 87.9 Å². The van der Waals surface area contributed by atoms with Crippen molar-refractivity contribution in [3.05, 3.63) is 39.9 Å². The minimum absolute atomic E-state index is 0.265. The van der Waals surface area contributed by atoms with E-state index in [-0.39, 0.29) is 5.82 Å². The van der Waals surface area contributed by atoms with Crippen LogP contribution in [-0.4, -0.2) is 5.16 Å². The van der Waals surface area contributed by atoms with E-state index < -0.39 is 0 Å². The van der Waals surface area contributed by atoms with Crippen LogP contribution in [0.25, 0.3) is 11.3 Å². The lowest BCUT2D eigenvalue weighted by Gasteiger charge is -1.99. The van der Waals surface area contributed by atoms with E-state index in [1.807, 2.05) is 0 Å². The van der Waals surface area contributed by atoms with E-state index in [0.29, 0.717) is 5.69 Å². The first-order valence-corrected chi connectivity index (χ1v) is 4.71. The van der Waals surface area contributed by atoms with Gasteiger partial charge in [-0.3, -0.25) is 0 Å². The number of aromatic nitrogens is 1. The van der Waals surface area contributed by atoms with Crippen molar-refractivity contribution in [3.63, 3.8) is 0 Å². The number of benzene rings is 1. The highest BCUT2D eigenvalue weighted by molar-refractivity contribution is 14.1. The van der Waals surface area contributed by atoms with Gasteiger partial charge in [0.1, 0.15) is 17.8 Å². The Balaban J connectivity index is 2.57. The third kappa shape index (κ3) is 1.72. The van der Waals surface area contributed by atoms with Crippen LogP contribution in [0, 0.1) is 9.39 Å². The molecule has 0 saturated heterocycles. The van der Waals surface area contributed by atoms with Crippen LogP contribution < -0.4 is 0 Å². The Morgan fingerprint density at radius 2 is 2.15 bits per heavy atom. The largest absolute Gasteiger partial charge is 0.364 e. The first-order chi connectivity index (χ1) is 6.27. The molecule has 0 bridgehead atoms. The molecule has 2 aromatic rings. The van der Waals surface area contributed by atoms with Crippen LogP contribution in [0.2, 0.25) is 0 Å². The van der Waals surface area contributed by atoms with Crippen LogP contribution in [-0.2, 0) is 0 Å². The van der Waals surface area contributed by atoms with Crippen molar-refractivity contribution in [3.8, 4) is 11.3 Å². The molecule has 1 aromatic heterocycles. The molecular weight excluding hydrogens is 284 g/mol. The van der Waals surface area contributed by atoms with Gasteiger partial charge in [-0.25, -0.2) is 4.39 Å². The summed E-state index contributed by atoms with van der Waals surface area (Å²) in [5.74, 6) is -0.265. The highest BCUT2D eigenvalue weighted by Crippen LogP contribution is 2.24. The molecule has 0 N–H and O–H groups in total. The van der Waals surface area contributed by atoms with Gasteiger partial charge in [0.2, 0.25) is 0 Å². The number of hydrogen-bond donors (Lipinski definition) is 0. The van der Waals surface area contributed by atoms with E-state index in [2.05, 4.69) is 32.3 Å². The molecule has 0 aliphatic rings. The van der Waals surface area contributed by atoms with Gasteiger partial charge in [0.15, 0.2) is 0 Å². The lowest BCUT2D eigenvalue weighted by atomic mass is 10.1. The van der Waals surface area contributed by atoms with Crippen molar-refractivity contribution in [2.24, 2.45) is 0 Å².